The van der Waals surface area contributed by atoms with Gasteiger partial charge in [-0.1, -0.05) is 0 Å². The monoisotopic (exact) mass is 287 g/mol. The van der Waals surface area contributed by atoms with E-state index in [1.807, 2.05) is 0 Å². The highest BCUT2D eigenvalue weighted by Gasteiger charge is 2.24. The van der Waals surface area contributed by atoms with E-state index in [0.29, 0.717) is 26.2 Å². The molecular weight excluding hydrogens is 273 g/mol. The van der Waals surface area contributed by atoms with Crippen LogP contribution in [0, 0.1) is 5.82 Å². The van der Waals surface area contributed by atoms with Gasteiger partial charge < -0.3 is 9.80 Å². The molecule has 0 bridgehead atoms. The number of halogens is 1. The Balaban J connectivity index is 1.66. The lowest BCUT2D eigenvalue weighted by Crippen LogP contribution is -2.49. The summed E-state index contributed by atoms with van der Waals surface area (Å²) in [4.78, 5) is 27.9. The maximum Gasteiger partial charge on any atom is 0.257 e. The van der Waals surface area contributed by atoms with Gasteiger partial charge in [0.05, 0.1) is 18.0 Å². The van der Waals surface area contributed by atoms with Gasteiger partial charge in [-0.15, -0.1) is 0 Å². The van der Waals surface area contributed by atoms with Crippen LogP contribution in [-0.4, -0.2) is 51.9 Å². The molecule has 21 heavy (non-hydrogen) atoms. The average molecular weight is 287 g/mol. The van der Waals surface area contributed by atoms with E-state index in [1.165, 1.54) is 12.3 Å². The van der Waals surface area contributed by atoms with Gasteiger partial charge in [0.15, 0.2) is 5.82 Å². The summed E-state index contributed by atoms with van der Waals surface area (Å²) < 4.78 is 13.6. The number of anilines is 1. The van der Waals surface area contributed by atoms with Gasteiger partial charge in [0, 0.05) is 44.8 Å². The summed E-state index contributed by atoms with van der Waals surface area (Å²) in [6.07, 6.45) is 7.43. The van der Waals surface area contributed by atoms with E-state index in [-0.39, 0.29) is 11.5 Å². The molecule has 0 N–H and O–H groups in total. The van der Waals surface area contributed by atoms with Crippen LogP contribution >= 0.6 is 0 Å². The van der Waals surface area contributed by atoms with Crippen LogP contribution in [0.15, 0.2) is 37.1 Å². The van der Waals surface area contributed by atoms with E-state index < -0.39 is 5.82 Å². The summed E-state index contributed by atoms with van der Waals surface area (Å²) in [5.41, 5.74) is 0.0675. The Labute approximate surface area is 121 Å². The molecule has 0 radical (unpaired) electrons. The van der Waals surface area contributed by atoms with Gasteiger partial charge in [-0.25, -0.2) is 9.37 Å². The summed E-state index contributed by atoms with van der Waals surface area (Å²) in [6, 6.07) is 1.41. The maximum absolute atomic E-state index is 13.6. The molecule has 0 aliphatic carbocycles. The van der Waals surface area contributed by atoms with Gasteiger partial charge in [0.2, 0.25) is 0 Å². The fraction of sp³-hybridized carbons (Fsp3) is 0.286. The number of carbonyl (C=O) groups is 1. The van der Waals surface area contributed by atoms with Crippen molar-refractivity contribution < 1.29 is 9.18 Å². The van der Waals surface area contributed by atoms with Crippen molar-refractivity contribution in [1.29, 1.82) is 0 Å². The Hall–Kier alpha value is -2.57. The summed E-state index contributed by atoms with van der Waals surface area (Å²) in [6.45, 7) is 2.35. The molecule has 6 nitrogen and oxygen atoms in total. The van der Waals surface area contributed by atoms with Crippen molar-refractivity contribution in [3.8, 4) is 0 Å². The van der Waals surface area contributed by atoms with Gasteiger partial charge in [-0.05, 0) is 6.07 Å². The van der Waals surface area contributed by atoms with Gasteiger partial charge in [0.1, 0.15) is 5.82 Å². The predicted octanol–water partition coefficient (Wildman–Crippen LogP) is 0.973. The van der Waals surface area contributed by atoms with E-state index in [4.69, 9.17) is 0 Å². The molecule has 0 aromatic carbocycles. The fourth-order valence-electron chi connectivity index (χ4n) is 2.31. The molecule has 1 aliphatic rings. The molecule has 1 saturated heterocycles. The summed E-state index contributed by atoms with van der Waals surface area (Å²) >= 11 is 0. The molecule has 2 aromatic heterocycles. The summed E-state index contributed by atoms with van der Waals surface area (Å²) in [7, 11) is 0. The van der Waals surface area contributed by atoms with Crippen molar-refractivity contribution in [3.05, 3.63) is 48.4 Å². The molecule has 2 aromatic rings. The number of carbonyl (C=O) groups excluding carboxylic acids is 1. The lowest BCUT2D eigenvalue weighted by molar-refractivity contribution is 0.0741. The van der Waals surface area contributed by atoms with Crippen molar-refractivity contribution in [1.82, 2.24) is 19.9 Å². The highest BCUT2D eigenvalue weighted by atomic mass is 19.1. The second-order valence-electron chi connectivity index (χ2n) is 4.70. The van der Waals surface area contributed by atoms with Crippen molar-refractivity contribution in [2.45, 2.75) is 0 Å². The van der Waals surface area contributed by atoms with Crippen LogP contribution in [0.25, 0.3) is 0 Å². The highest BCUT2D eigenvalue weighted by Crippen LogP contribution is 2.14. The molecule has 0 atom stereocenters. The quantitative estimate of drug-likeness (QED) is 0.823. The second kappa shape index (κ2) is 5.82. The number of piperazine rings is 1. The minimum absolute atomic E-state index is 0.0675. The Morgan fingerprint density at radius 3 is 2.48 bits per heavy atom. The zero-order valence-electron chi connectivity index (χ0n) is 11.3. The van der Waals surface area contributed by atoms with Crippen LogP contribution in [0.3, 0.4) is 0 Å². The van der Waals surface area contributed by atoms with E-state index in [9.17, 15) is 9.18 Å². The molecule has 1 aliphatic heterocycles. The third-order valence-electron chi connectivity index (χ3n) is 3.44. The van der Waals surface area contributed by atoms with Crippen LogP contribution in [0.2, 0.25) is 0 Å². The number of nitrogens with zero attached hydrogens (tertiary/aromatic N) is 5. The van der Waals surface area contributed by atoms with Crippen molar-refractivity contribution in [2.75, 3.05) is 31.1 Å². The largest absolute Gasteiger partial charge is 0.352 e. The molecule has 1 fully saturated rings. The van der Waals surface area contributed by atoms with E-state index in [1.54, 1.807) is 23.5 Å². The van der Waals surface area contributed by atoms with Crippen molar-refractivity contribution in [3.63, 3.8) is 0 Å². The molecule has 7 heteroatoms. The zero-order valence-corrected chi connectivity index (χ0v) is 11.3. The topological polar surface area (TPSA) is 62.2 Å². The summed E-state index contributed by atoms with van der Waals surface area (Å²) in [5, 5.41) is 0. The van der Waals surface area contributed by atoms with Crippen LogP contribution in [0.1, 0.15) is 10.4 Å². The molecule has 3 heterocycles. The van der Waals surface area contributed by atoms with Gasteiger partial charge >= 0.3 is 0 Å². The Kier molecular flexibility index (Phi) is 3.72. The number of hydrogen-bond acceptors (Lipinski definition) is 5. The highest BCUT2D eigenvalue weighted by molar-refractivity contribution is 5.94. The normalized spacial score (nSPS) is 15.1. The Bertz CT molecular complexity index is 628. The van der Waals surface area contributed by atoms with Gasteiger partial charge in [0.25, 0.3) is 5.91 Å². The Morgan fingerprint density at radius 2 is 1.81 bits per heavy atom. The predicted molar refractivity (Wildman–Crippen MR) is 74.3 cm³/mol. The number of hydrogen-bond donors (Lipinski definition) is 0. The minimum Gasteiger partial charge on any atom is -0.352 e. The Morgan fingerprint density at radius 1 is 1.05 bits per heavy atom. The molecule has 0 spiro atoms. The third kappa shape index (κ3) is 2.81. The molecular formula is C14H14FN5O. The fourth-order valence-corrected chi connectivity index (χ4v) is 2.31. The first-order chi connectivity index (χ1) is 10.3. The van der Waals surface area contributed by atoms with E-state index in [0.717, 1.165) is 12.0 Å². The van der Waals surface area contributed by atoms with E-state index in [2.05, 4.69) is 19.9 Å². The smallest absolute Gasteiger partial charge is 0.257 e. The average Bonchev–Trinajstić information content (AvgIpc) is 2.56. The SMILES string of the molecule is O=C(c1ccncc1F)N1CCN(c2cnccn2)CC1. The second-order valence-corrected chi connectivity index (χ2v) is 4.70. The van der Waals surface area contributed by atoms with Crippen LogP contribution < -0.4 is 4.90 Å². The first kappa shape index (κ1) is 13.4. The van der Waals surface area contributed by atoms with Crippen molar-refractivity contribution in [2.24, 2.45) is 0 Å². The first-order valence-electron chi connectivity index (χ1n) is 6.65. The third-order valence-corrected chi connectivity index (χ3v) is 3.44. The van der Waals surface area contributed by atoms with Crippen LogP contribution in [-0.2, 0) is 0 Å². The standard InChI is InChI=1S/C14H14FN5O/c15-12-9-16-2-1-11(12)14(21)20-7-5-19(6-8-20)13-10-17-3-4-18-13/h1-4,9-10H,5-8H2. The summed E-state index contributed by atoms with van der Waals surface area (Å²) in [5.74, 6) is -0.0905. The van der Waals surface area contributed by atoms with Crippen LogP contribution in [0.5, 0.6) is 0 Å². The molecule has 108 valence electrons. The number of rotatable bonds is 2. The number of amides is 1. The first-order valence-corrected chi connectivity index (χ1v) is 6.65. The maximum atomic E-state index is 13.6. The molecule has 1 amide bonds. The molecule has 0 unspecified atom stereocenters. The van der Waals surface area contributed by atoms with Crippen molar-refractivity contribution >= 4 is 11.7 Å². The molecule has 0 saturated carbocycles. The van der Waals surface area contributed by atoms with Gasteiger partial charge in [-0.2, -0.15) is 0 Å². The number of aromatic nitrogens is 3. The van der Waals surface area contributed by atoms with E-state index >= 15 is 0 Å². The molecule has 3 rings (SSSR count). The number of pyridine rings is 1. The lowest BCUT2D eigenvalue weighted by atomic mass is 10.2. The lowest BCUT2D eigenvalue weighted by Gasteiger charge is -2.35. The van der Waals surface area contributed by atoms with Crippen LogP contribution in [0.4, 0.5) is 10.2 Å². The zero-order chi connectivity index (χ0) is 14.7. The minimum atomic E-state index is -0.584. The van der Waals surface area contributed by atoms with Gasteiger partial charge in [-0.3, -0.25) is 14.8 Å².